The minimum Gasteiger partial charge on any atom is -0.438 e. The van der Waals surface area contributed by atoms with Gasteiger partial charge in [-0.25, -0.2) is 0 Å². The number of nitrogens with zero attached hydrogens (tertiary/aromatic N) is 1. The molecular weight excluding hydrogens is 308 g/mol. The molecule has 0 unspecified atom stereocenters. The second-order valence-corrected chi connectivity index (χ2v) is 5.67. The van der Waals surface area contributed by atoms with Gasteiger partial charge in [0.15, 0.2) is 0 Å². The van der Waals surface area contributed by atoms with Crippen molar-refractivity contribution < 1.29 is 4.74 Å². The van der Waals surface area contributed by atoms with Crippen molar-refractivity contribution in [1.82, 2.24) is 9.97 Å². The lowest BCUT2D eigenvalue weighted by molar-refractivity contribution is 0.454. The van der Waals surface area contributed by atoms with Gasteiger partial charge in [0.05, 0.1) is 6.07 Å². The summed E-state index contributed by atoms with van der Waals surface area (Å²) < 4.78 is 6.66. The second-order valence-electron chi connectivity index (χ2n) is 4.76. The molecule has 1 N–H and O–H groups in total. The third-order valence-electron chi connectivity index (χ3n) is 3.07. The van der Waals surface area contributed by atoms with Crippen LogP contribution in [0.5, 0.6) is 11.6 Å². The van der Waals surface area contributed by atoms with E-state index in [1.807, 2.05) is 25.1 Å². The molecule has 1 fully saturated rings. The third-order valence-corrected chi connectivity index (χ3v) is 3.56. The smallest absolute Gasteiger partial charge is 0.254 e. The summed E-state index contributed by atoms with van der Waals surface area (Å²) in [4.78, 5) is 18.7. The fourth-order valence-electron chi connectivity index (χ4n) is 1.85. The van der Waals surface area contributed by atoms with Gasteiger partial charge < -0.3 is 9.72 Å². The molecule has 0 radical (unpaired) electrons. The summed E-state index contributed by atoms with van der Waals surface area (Å²) in [7, 11) is 0. The van der Waals surface area contributed by atoms with Crippen LogP contribution in [0.3, 0.4) is 0 Å². The number of aromatic amines is 1. The van der Waals surface area contributed by atoms with E-state index in [1.165, 1.54) is 6.07 Å². The Bertz CT molecular complexity index is 677. The van der Waals surface area contributed by atoms with Crippen molar-refractivity contribution in [3.05, 3.63) is 50.5 Å². The molecule has 1 aromatic carbocycles. The molecule has 5 heteroatoms. The highest BCUT2D eigenvalue weighted by Crippen LogP contribution is 2.38. The maximum atomic E-state index is 11.6. The molecule has 0 atom stereocenters. The van der Waals surface area contributed by atoms with Crippen molar-refractivity contribution in [1.29, 1.82) is 0 Å². The topological polar surface area (TPSA) is 55.0 Å². The molecule has 0 aliphatic heterocycles. The van der Waals surface area contributed by atoms with Gasteiger partial charge >= 0.3 is 0 Å². The van der Waals surface area contributed by atoms with Crippen LogP contribution >= 0.6 is 15.9 Å². The third kappa shape index (κ3) is 2.87. The minimum atomic E-state index is -0.167. The largest absolute Gasteiger partial charge is 0.438 e. The maximum Gasteiger partial charge on any atom is 0.254 e. The Kier molecular flexibility index (Phi) is 3.14. The molecular formula is C14H13BrN2O2. The number of hydrogen-bond acceptors (Lipinski definition) is 3. The molecule has 19 heavy (non-hydrogen) atoms. The van der Waals surface area contributed by atoms with Gasteiger partial charge in [-0.05, 0) is 37.5 Å². The number of halogens is 1. The molecule has 3 rings (SSSR count). The van der Waals surface area contributed by atoms with Crippen molar-refractivity contribution in [3.8, 4) is 11.6 Å². The quantitative estimate of drug-likeness (QED) is 0.941. The van der Waals surface area contributed by atoms with Crippen molar-refractivity contribution in [3.63, 3.8) is 0 Å². The Morgan fingerprint density at radius 3 is 2.89 bits per heavy atom. The molecule has 1 aliphatic rings. The zero-order valence-corrected chi connectivity index (χ0v) is 12.0. The molecule has 0 amide bonds. The summed E-state index contributed by atoms with van der Waals surface area (Å²) in [5.74, 6) is 2.18. The molecule has 98 valence electrons. The normalized spacial score (nSPS) is 14.4. The summed E-state index contributed by atoms with van der Waals surface area (Å²) >= 11 is 3.40. The highest BCUT2D eigenvalue weighted by Gasteiger charge is 2.26. The van der Waals surface area contributed by atoms with Gasteiger partial charge in [0.25, 0.3) is 5.56 Å². The highest BCUT2D eigenvalue weighted by atomic mass is 79.9. The van der Waals surface area contributed by atoms with Crippen LogP contribution in [-0.2, 0) is 0 Å². The number of benzene rings is 1. The number of aryl methyl sites for hydroxylation is 1. The van der Waals surface area contributed by atoms with Crippen LogP contribution in [0.4, 0.5) is 0 Å². The summed E-state index contributed by atoms with van der Waals surface area (Å²) in [6, 6.07) is 7.15. The molecule has 1 saturated carbocycles. The van der Waals surface area contributed by atoms with Crippen LogP contribution in [0.25, 0.3) is 0 Å². The maximum absolute atomic E-state index is 11.6. The van der Waals surface area contributed by atoms with E-state index in [2.05, 4.69) is 25.9 Å². The second kappa shape index (κ2) is 4.81. The van der Waals surface area contributed by atoms with E-state index in [0.29, 0.717) is 17.5 Å². The van der Waals surface area contributed by atoms with Gasteiger partial charge in [0.1, 0.15) is 11.6 Å². The molecule has 1 aliphatic carbocycles. The van der Waals surface area contributed by atoms with Crippen molar-refractivity contribution >= 4 is 15.9 Å². The van der Waals surface area contributed by atoms with Gasteiger partial charge in [0, 0.05) is 10.4 Å². The minimum absolute atomic E-state index is 0.167. The van der Waals surface area contributed by atoms with Crippen molar-refractivity contribution in [2.75, 3.05) is 0 Å². The Labute approximate surface area is 119 Å². The average Bonchev–Trinajstić information content (AvgIpc) is 3.17. The highest BCUT2D eigenvalue weighted by molar-refractivity contribution is 9.10. The van der Waals surface area contributed by atoms with Gasteiger partial charge in [-0.3, -0.25) is 4.79 Å². The predicted octanol–water partition coefficient (Wildman–Crippen LogP) is 3.51. The number of rotatable bonds is 3. The molecule has 0 bridgehead atoms. The lowest BCUT2D eigenvalue weighted by Gasteiger charge is -2.09. The molecule has 0 spiro atoms. The Hall–Kier alpha value is -1.62. The van der Waals surface area contributed by atoms with Gasteiger partial charge in [-0.2, -0.15) is 4.98 Å². The average molecular weight is 321 g/mol. The van der Waals surface area contributed by atoms with Crippen LogP contribution < -0.4 is 10.3 Å². The number of aromatic nitrogens is 2. The van der Waals surface area contributed by atoms with Gasteiger partial charge in [-0.1, -0.05) is 22.0 Å². The fourth-order valence-corrected chi connectivity index (χ4v) is 2.19. The summed E-state index contributed by atoms with van der Waals surface area (Å²) in [6.07, 6.45) is 2.17. The molecule has 2 aromatic rings. The number of H-pyrrole nitrogens is 1. The lowest BCUT2D eigenvalue weighted by atomic mass is 10.2. The van der Waals surface area contributed by atoms with E-state index in [0.717, 1.165) is 28.7 Å². The zero-order valence-electron chi connectivity index (χ0n) is 10.4. The zero-order chi connectivity index (χ0) is 13.4. The SMILES string of the molecule is Cc1ccc(Br)cc1Oc1cc(=O)[nH]c(C2CC2)n1. The monoisotopic (exact) mass is 320 g/mol. The molecule has 0 saturated heterocycles. The summed E-state index contributed by atoms with van der Waals surface area (Å²) in [5.41, 5.74) is 0.831. The lowest BCUT2D eigenvalue weighted by Crippen LogP contribution is -2.10. The molecule has 1 aromatic heterocycles. The first-order valence-corrected chi connectivity index (χ1v) is 6.96. The predicted molar refractivity (Wildman–Crippen MR) is 75.8 cm³/mol. The number of nitrogens with one attached hydrogen (secondary N) is 1. The number of hydrogen-bond donors (Lipinski definition) is 1. The van der Waals surface area contributed by atoms with E-state index in [9.17, 15) is 4.79 Å². The first-order valence-electron chi connectivity index (χ1n) is 6.17. The van der Waals surface area contributed by atoms with Gasteiger partial charge in [-0.15, -0.1) is 0 Å². The summed E-state index contributed by atoms with van der Waals surface area (Å²) in [6.45, 7) is 1.96. The van der Waals surface area contributed by atoms with Crippen LogP contribution in [-0.4, -0.2) is 9.97 Å². The summed E-state index contributed by atoms with van der Waals surface area (Å²) in [5, 5.41) is 0. The Morgan fingerprint density at radius 2 is 2.16 bits per heavy atom. The van der Waals surface area contributed by atoms with Crippen LogP contribution in [0.15, 0.2) is 33.5 Å². The Morgan fingerprint density at radius 1 is 1.37 bits per heavy atom. The van der Waals surface area contributed by atoms with E-state index in [1.54, 1.807) is 0 Å². The first kappa shape index (κ1) is 12.4. The standard InChI is InChI=1S/C14H13BrN2O2/c1-8-2-5-10(15)6-11(8)19-13-7-12(18)16-14(17-13)9-3-4-9/h2,5-7,9H,3-4H2,1H3,(H,16,17,18). The van der Waals surface area contributed by atoms with E-state index < -0.39 is 0 Å². The van der Waals surface area contributed by atoms with Crippen LogP contribution in [0.1, 0.15) is 30.1 Å². The van der Waals surface area contributed by atoms with E-state index in [-0.39, 0.29) is 5.56 Å². The van der Waals surface area contributed by atoms with Crippen LogP contribution in [0, 0.1) is 6.92 Å². The van der Waals surface area contributed by atoms with E-state index in [4.69, 9.17) is 4.74 Å². The van der Waals surface area contributed by atoms with Gasteiger partial charge in [0.2, 0.25) is 5.88 Å². The first-order chi connectivity index (χ1) is 9.11. The number of ether oxygens (including phenoxy) is 1. The van der Waals surface area contributed by atoms with Crippen molar-refractivity contribution in [2.24, 2.45) is 0 Å². The molecule has 4 nitrogen and oxygen atoms in total. The molecule has 1 heterocycles. The fraction of sp³-hybridized carbons (Fsp3) is 0.286. The Balaban J connectivity index is 1.94. The van der Waals surface area contributed by atoms with Crippen LogP contribution in [0.2, 0.25) is 0 Å². The van der Waals surface area contributed by atoms with Crippen molar-refractivity contribution in [2.45, 2.75) is 25.7 Å². The van der Waals surface area contributed by atoms with E-state index >= 15 is 0 Å².